The number of carbonyl (C=O) groups is 2. The zero-order chi connectivity index (χ0) is 19.9. The smallest absolute Gasteiger partial charge is 0.351 e. The summed E-state index contributed by atoms with van der Waals surface area (Å²) in [5, 5.41) is 3.56. The standard InChI is InChI=1S/C22H22N2O3S/c1-15-19(28-21(24-15)18-11-7-4-8-12-18)22(26)27-16(2)20(25)23-14-13-17-9-5-3-6-10-17/h3-12,16H,13-14H2,1-2H3,(H,23,25)/t16-/m0/s1. The number of thiazole rings is 1. The molecular formula is C22H22N2O3S. The average Bonchev–Trinajstić information content (AvgIpc) is 3.11. The third kappa shape index (κ3) is 5.04. The van der Waals surface area contributed by atoms with Crippen LogP contribution in [0.5, 0.6) is 0 Å². The van der Waals surface area contributed by atoms with Gasteiger partial charge in [-0.3, -0.25) is 4.79 Å². The van der Waals surface area contributed by atoms with Gasteiger partial charge in [0.2, 0.25) is 0 Å². The quantitative estimate of drug-likeness (QED) is 0.615. The van der Waals surface area contributed by atoms with E-state index >= 15 is 0 Å². The van der Waals surface area contributed by atoms with Crippen LogP contribution in [0.3, 0.4) is 0 Å². The van der Waals surface area contributed by atoms with Crippen molar-refractivity contribution in [3.05, 3.63) is 76.8 Å². The first kappa shape index (κ1) is 19.8. The minimum Gasteiger partial charge on any atom is -0.448 e. The Morgan fingerprint density at radius 1 is 1.07 bits per heavy atom. The largest absolute Gasteiger partial charge is 0.448 e. The molecule has 2 aromatic carbocycles. The first-order valence-electron chi connectivity index (χ1n) is 9.10. The highest BCUT2D eigenvalue weighted by Crippen LogP contribution is 2.28. The van der Waals surface area contributed by atoms with Crippen molar-refractivity contribution in [1.82, 2.24) is 10.3 Å². The Hall–Kier alpha value is -2.99. The Balaban J connectivity index is 1.55. The number of benzene rings is 2. The van der Waals surface area contributed by atoms with E-state index < -0.39 is 12.1 Å². The molecule has 28 heavy (non-hydrogen) atoms. The number of nitrogens with zero attached hydrogens (tertiary/aromatic N) is 1. The van der Waals surface area contributed by atoms with Gasteiger partial charge in [0, 0.05) is 12.1 Å². The maximum atomic E-state index is 12.5. The topological polar surface area (TPSA) is 68.3 Å². The van der Waals surface area contributed by atoms with Gasteiger partial charge in [0.15, 0.2) is 6.10 Å². The van der Waals surface area contributed by atoms with E-state index in [1.807, 2.05) is 60.7 Å². The van der Waals surface area contributed by atoms with Crippen LogP contribution in [0.15, 0.2) is 60.7 Å². The highest BCUT2D eigenvalue weighted by molar-refractivity contribution is 7.17. The number of rotatable bonds is 7. The van der Waals surface area contributed by atoms with Gasteiger partial charge >= 0.3 is 5.97 Å². The van der Waals surface area contributed by atoms with E-state index in [0.717, 1.165) is 22.6 Å². The predicted molar refractivity (Wildman–Crippen MR) is 110 cm³/mol. The zero-order valence-electron chi connectivity index (χ0n) is 15.8. The summed E-state index contributed by atoms with van der Waals surface area (Å²) in [6.07, 6.45) is -0.147. The van der Waals surface area contributed by atoms with Crippen LogP contribution in [0.1, 0.15) is 27.9 Å². The molecule has 0 saturated heterocycles. The van der Waals surface area contributed by atoms with Gasteiger partial charge in [-0.15, -0.1) is 11.3 Å². The molecular weight excluding hydrogens is 372 g/mol. The molecule has 1 amide bonds. The van der Waals surface area contributed by atoms with Crippen LogP contribution >= 0.6 is 11.3 Å². The van der Waals surface area contributed by atoms with Gasteiger partial charge in [0.25, 0.3) is 5.91 Å². The van der Waals surface area contributed by atoms with Crippen molar-refractivity contribution in [3.8, 4) is 10.6 Å². The molecule has 0 aliphatic carbocycles. The van der Waals surface area contributed by atoms with Gasteiger partial charge in [-0.25, -0.2) is 9.78 Å². The normalized spacial score (nSPS) is 11.6. The molecule has 1 atom stereocenters. The summed E-state index contributed by atoms with van der Waals surface area (Å²) >= 11 is 1.27. The lowest BCUT2D eigenvalue weighted by molar-refractivity contribution is -0.129. The highest BCUT2D eigenvalue weighted by Gasteiger charge is 2.22. The Bertz CT molecular complexity index is 939. The number of ether oxygens (including phenoxy) is 1. The van der Waals surface area contributed by atoms with Crippen LogP contribution < -0.4 is 5.32 Å². The van der Waals surface area contributed by atoms with Crippen molar-refractivity contribution in [1.29, 1.82) is 0 Å². The van der Waals surface area contributed by atoms with Crippen molar-refractivity contribution in [2.45, 2.75) is 26.4 Å². The van der Waals surface area contributed by atoms with Crippen molar-refractivity contribution in [3.63, 3.8) is 0 Å². The Kier molecular flexibility index (Phi) is 6.55. The average molecular weight is 394 g/mol. The van der Waals surface area contributed by atoms with Crippen LogP contribution in [0.25, 0.3) is 10.6 Å². The van der Waals surface area contributed by atoms with E-state index in [1.165, 1.54) is 11.3 Å². The number of hydrogen-bond acceptors (Lipinski definition) is 5. The zero-order valence-corrected chi connectivity index (χ0v) is 16.7. The minimum atomic E-state index is -0.870. The molecule has 5 nitrogen and oxygen atoms in total. The molecule has 0 spiro atoms. The van der Waals surface area contributed by atoms with Crippen LogP contribution in [0.4, 0.5) is 0 Å². The van der Waals surface area contributed by atoms with Gasteiger partial charge in [-0.2, -0.15) is 0 Å². The molecule has 6 heteroatoms. The second-order valence-electron chi connectivity index (χ2n) is 6.37. The number of aromatic nitrogens is 1. The van der Waals surface area contributed by atoms with Crippen LogP contribution in [0, 0.1) is 6.92 Å². The summed E-state index contributed by atoms with van der Waals surface area (Å²) in [6.45, 7) is 3.83. The summed E-state index contributed by atoms with van der Waals surface area (Å²) in [7, 11) is 0. The van der Waals surface area contributed by atoms with E-state index in [1.54, 1.807) is 13.8 Å². The molecule has 3 aromatic rings. The number of amides is 1. The molecule has 1 aromatic heterocycles. The second-order valence-corrected chi connectivity index (χ2v) is 7.37. The fourth-order valence-electron chi connectivity index (χ4n) is 2.68. The van der Waals surface area contributed by atoms with Crippen LogP contribution in [0.2, 0.25) is 0 Å². The summed E-state index contributed by atoms with van der Waals surface area (Å²) in [6, 6.07) is 19.5. The van der Waals surface area contributed by atoms with Crippen LogP contribution in [-0.4, -0.2) is 29.5 Å². The highest BCUT2D eigenvalue weighted by atomic mass is 32.1. The minimum absolute atomic E-state index is 0.310. The number of carbonyl (C=O) groups excluding carboxylic acids is 2. The molecule has 0 radical (unpaired) electrons. The van der Waals surface area contributed by atoms with E-state index in [-0.39, 0.29) is 5.91 Å². The maximum Gasteiger partial charge on any atom is 0.351 e. The molecule has 144 valence electrons. The van der Waals surface area contributed by atoms with Gasteiger partial charge in [0.05, 0.1) is 5.69 Å². The SMILES string of the molecule is Cc1nc(-c2ccccc2)sc1C(=O)O[C@@H](C)C(=O)NCCc1ccccc1. The molecule has 0 fully saturated rings. The Morgan fingerprint density at radius 2 is 1.71 bits per heavy atom. The van der Waals surface area contributed by atoms with Gasteiger partial charge < -0.3 is 10.1 Å². The van der Waals surface area contributed by atoms with E-state index in [2.05, 4.69) is 10.3 Å². The third-order valence-electron chi connectivity index (χ3n) is 4.21. The van der Waals surface area contributed by atoms with Crippen molar-refractivity contribution >= 4 is 23.2 Å². The van der Waals surface area contributed by atoms with E-state index in [0.29, 0.717) is 17.1 Å². The summed E-state index contributed by atoms with van der Waals surface area (Å²) in [5.41, 5.74) is 2.69. The molecule has 0 aliphatic heterocycles. The summed E-state index contributed by atoms with van der Waals surface area (Å²) in [4.78, 5) is 29.6. The monoisotopic (exact) mass is 394 g/mol. The second kappa shape index (κ2) is 9.28. The molecule has 0 unspecified atom stereocenters. The lowest BCUT2D eigenvalue weighted by Crippen LogP contribution is -2.36. The first-order chi connectivity index (χ1) is 13.5. The molecule has 0 bridgehead atoms. The van der Waals surface area contributed by atoms with Gasteiger partial charge in [0.1, 0.15) is 9.88 Å². The lowest BCUT2D eigenvalue weighted by atomic mass is 10.1. The molecule has 0 saturated carbocycles. The fraction of sp³-hybridized carbons (Fsp3) is 0.227. The van der Waals surface area contributed by atoms with Crippen molar-refractivity contribution < 1.29 is 14.3 Å². The van der Waals surface area contributed by atoms with Crippen molar-refractivity contribution in [2.24, 2.45) is 0 Å². The maximum absolute atomic E-state index is 12.5. The van der Waals surface area contributed by atoms with Crippen molar-refractivity contribution in [2.75, 3.05) is 6.54 Å². The van der Waals surface area contributed by atoms with E-state index in [4.69, 9.17) is 4.74 Å². The molecule has 0 aliphatic rings. The number of aryl methyl sites for hydroxylation is 1. The number of esters is 1. The molecule has 1 heterocycles. The lowest BCUT2D eigenvalue weighted by Gasteiger charge is -2.13. The van der Waals surface area contributed by atoms with Crippen LogP contribution in [-0.2, 0) is 16.0 Å². The van der Waals surface area contributed by atoms with Gasteiger partial charge in [-0.05, 0) is 25.8 Å². The number of nitrogens with one attached hydrogen (secondary N) is 1. The van der Waals surface area contributed by atoms with Gasteiger partial charge in [-0.1, -0.05) is 60.7 Å². The fourth-order valence-corrected chi connectivity index (χ4v) is 3.63. The third-order valence-corrected chi connectivity index (χ3v) is 5.40. The molecule has 1 N–H and O–H groups in total. The Labute approximate surface area is 168 Å². The summed E-state index contributed by atoms with van der Waals surface area (Å²) < 4.78 is 5.35. The predicted octanol–water partition coefficient (Wildman–Crippen LogP) is 4.02. The number of hydrogen-bond donors (Lipinski definition) is 1. The summed E-state index contributed by atoms with van der Waals surface area (Å²) in [5.74, 6) is -0.836. The molecule has 3 rings (SSSR count). The Morgan fingerprint density at radius 3 is 2.39 bits per heavy atom. The van der Waals surface area contributed by atoms with E-state index in [9.17, 15) is 9.59 Å². The first-order valence-corrected chi connectivity index (χ1v) is 9.91.